The van der Waals surface area contributed by atoms with Gasteiger partial charge in [-0.05, 0) is 57.2 Å². The second kappa shape index (κ2) is 16.4. The van der Waals surface area contributed by atoms with Crippen molar-refractivity contribution < 1.29 is 41.1 Å². The zero-order valence-electron chi connectivity index (χ0n) is 19.7. The van der Waals surface area contributed by atoms with Crippen LogP contribution in [0.3, 0.4) is 0 Å². The van der Waals surface area contributed by atoms with Crippen LogP contribution in [0.1, 0.15) is 64.0 Å². The van der Waals surface area contributed by atoms with Crippen LogP contribution in [-0.4, -0.2) is 59.6 Å². The van der Waals surface area contributed by atoms with Gasteiger partial charge in [-0.25, -0.2) is 0 Å². The van der Waals surface area contributed by atoms with Crippen molar-refractivity contribution in [2.45, 2.75) is 58.5 Å². The summed E-state index contributed by atoms with van der Waals surface area (Å²) in [7, 11) is -3.42. The average molecular weight is 489 g/mol. The second-order valence-electron chi connectivity index (χ2n) is 7.28. The van der Waals surface area contributed by atoms with Gasteiger partial charge in [0.2, 0.25) is 0 Å². The lowest BCUT2D eigenvalue weighted by atomic mass is 10.1. The maximum Gasteiger partial charge on any atom is 0.308 e. The third-order valence-corrected chi connectivity index (χ3v) is 4.99. The van der Waals surface area contributed by atoms with Gasteiger partial charge in [-0.2, -0.15) is 8.42 Å². The normalized spacial score (nSPS) is 12.2. The van der Waals surface area contributed by atoms with Crippen LogP contribution in [-0.2, 0) is 38.1 Å². The molecule has 0 N–H and O–H groups in total. The van der Waals surface area contributed by atoms with Crippen molar-refractivity contribution in [3.05, 3.63) is 29.8 Å². The smallest absolute Gasteiger partial charge is 0.308 e. The summed E-state index contributed by atoms with van der Waals surface area (Å²) in [5, 5.41) is 0. The predicted molar refractivity (Wildman–Crippen MR) is 122 cm³/mol. The summed E-state index contributed by atoms with van der Waals surface area (Å²) >= 11 is 0. The van der Waals surface area contributed by atoms with Crippen LogP contribution in [0.5, 0.6) is 5.75 Å². The summed E-state index contributed by atoms with van der Waals surface area (Å²) in [6.07, 6.45) is 3.42. The lowest BCUT2D eigenvalue weighted by molar-refractivity contribution is -0.146. The molecule has 1 aromatic carbocycles. The molecule has 0 spiro atoms. The first-order valence-corrected chi connectivity index (χ1v) is 13.1. The van der Waals surface area contributed by atoms with Crippen LogP contribution < -0.4 is 4.74 Å². The van der Waals surface area contributed by atoms with Crippen molar-refractivity contribution in [3.63, 3.8) is 0 Å². The lowest BCUT2D eigenvalue weighted by Crippen LogP contribution is -2.14. The molecule has 1 rings (SSSR count). The van der Waals surface area contributed by atoms with Gasteiger partial charge in [-0.3, -0.25) is 13.8 Å². The van der Waals surface area contributed by atoms with E-state index in [0.717, 1.165) is 18.2 Å². The number of benzene rings is 1. The number of unbranched alkanes of at least 4 members (excludes halogenated alkanes) is 2. The standard InChI is InChI=1S/C23H36O9S/c1-4-28-22(24)13-10-15-30-20-12-9-11-19(17-20)21(18-23(25)29-5-2)31-14-7-6-8-16-32-33(3,26)27/h9,11-12,17,21H,4-8,10,13-16,18H2,1-3H3. The van der Waals surface area contributed by atoms with Gasteiger partial charge in [0.25, 0.3) is 10.1 Å². The topological polar surface area (TPSA) is 114 Å². The minimum Gasteiger partial charge on any atom is -0.494 e. The molecule has 10 heteroatoms. The van der Waals surface area contributed by atoms with Gasteiger partial charge >= 0.3 is 11.9 Å². The van der Waals surface area contributed by atoms with Crippen molar-refractivity contribution in [2.24, 2.45) is 0 Å². The average Bonchev–Trinajstić information content (AvgIpc) is 2.75. The second-order valence-corrected chi connectivity index (χ2v) is 8.93. The number of hydrogen-bond acceptors (Lipinski definition) is 9. The summed E-state index contributed by atoms with van der Waals surface area (Å²) in [5.41, 5.74) is 0.784. The number of rotatable bonds is 18. The Kier molecular flexibility index (Phi) is 14.4. The van der Waals surface area contributed by atoms with Gasteiger partial charge in [0.15, 0.2) is 0 Å². The molecular weight excluding hydrogens is 452 g/mol. The fraction of sp³-hybridized carbons (Fsp3) is 0.652. The predicted octanol–water partition coefficient (Wildman–Crippen LogP) is 3.57. The lowest BCUT2D eigenvalue weighted by Gasteiger charge is -2.19. The molecule has 1 unspecified atom stereocenters. The number of esters is 2. The highest BCUT2D eigenvalue weighted by atomic mass is 32.2. The molecule has 0 saturated carbocycles. The zero-order chi connectivity index (χ0) is 24.5. The summed E-state index contributed by atoms with van der Waals surface area (Å²) in [5.74, 6) is 0.0113. The van der Waals surface area contributed by atoms with E-state index < -0.39 is 16.2 Å². The van der Waals surface area contributed by atoms with E-state index in [1.165, 1.54) is 0 Å². The summed E-state index contributed by atoms with van der Waals surface area (Å²) in [6.45, 7) is 5.06. The minimum atomic E-state index is -3.42. The molecule has 0 bridgehead atoms. The number of ether oxygens (including phenoxy) is 4. The maximum absolute atomic E-state index is 12.1. The van der Waals surface area contributed by atoms with Gasteiger partial charge in [0, 0.05) is 13.0 Å². The molecule has 0 saturated heterocycles. The molecule has 188 valence electrons. The Hall–Kier alpha value is -2.17. The Bertz CT molecular complexity index is 808. The van der Waals surface area contributed by atoms with Gasteiger partial charge in [0.1, 0.15) is 5.75 Å². The zero-order valence-corrected chi connectivity index (χ0v) is 20.6. The van der Waals surface area contributed by atoms with E-state index >= 15 is 0 Å². The first-order valence-electron chi connectivity index (χ1n) is 11.2. The van der Waals surface area contributed by atoms with Crippen LogP contribution in [0, 0.1) is 0 Å². The molecule has 0 amide bonds. The number of carbonyl (C=O) groups is 2. The van der Waals surface area contributed by atoms with Crippen LogP contribution >= 0.6 is 0 Å². The summed E-state index contributed by atoms with van der Waals surface area (Å²) in [4.78, 5) is 23.5. The fourth-order valence-corrected chi connectivity index (χ4v) is 3.33. The Morgan fingerprint density at radius 2 is 1.61 bits per heavy atom. The fourth-order valence-electron chi connectivity index (χ4n) is 2.91. The van der Waals surface area contributed by atoms with Crippen molar-refractivity contribution in [1.82, 2.24) is 0 Å². The van der Waals surface area contributed by atoms with E-state index in [4.69, 9.17) is 23.1 Å². The van der Waals surface area contributed by atoms with Crippen LogP contribution in [0.2, 0.25) is 0 Å². The molecule has 0 radical (unpaired) electrons. The van der Waals surface area contributed by atoms with E-state index in [1.54, 1.807) is 19.9 Å². The van der Waals surface area contributed by atoms with E-state index in [2.05, 4.69) is 0 Å². The molecule has 0 heterocycles. The molecule has 1 atom stereocenters. The molecule has 9 nitrogen and oxygen atoms in total. The highest BCUT2D eigenvalue weighted by molar-refractivity contribution is 7.85. The van der Waals surface area contributed by atoms with Crippen LogP contribution in [0.15, 0.2) is 24.3 Å². The van der Waals surface area contributed by atoms with Crippen molar-refractivity contribution in [3.8, 4) is 5.75 Å². The van der Waals surface area contributed by atoms with Gasteiger partial charge < -0.3 is 18.9 Å². The quantitative estimate of drug-likeness (QED) is 0.174. The first kappa shape index (κ1) is 28.9. The van der Waals surface area contributed by atoms with E-state index in [1.807, 2.05) is 18.2 Å². The summed E-state index contributed by atoms with van der Waals surface area (Å²) < 4.78 is 48.3. The van der Waals surface area contributed by atoms with Crippen molar-refractivity contribution >= 4 is 22.1 Å². The van der Waals surface area contributed by atoms with Gasteiger partial charge in [0.05, 0.1) is 45.2 Å². The van der Waals surface area contributed by atoms with E-state index in [0.29, 0.717) is 44.8 Å². The highest BCUT2D eigenvalue weighted by Gasteiger charge is 2.18. The van der Waals surface area contributed by atoms with Crippen LogP contribution in [0.4, 0.5) is 0 Å². The molecule has 0 aromatic heterocycles. The number of carbonyl (C=O) groups excluding carboxylic acids is 2. The molecule has 0 fully saturated rings. The number of hydrogen-bond donors (Lipinski definition) is 0. The molecular formula is C23H36O9S. The minimum absolute atomic E-state index is 0.0668. The highest BCUT2D eigenvalue weighted by Crippen LogP contribution is 2.26. The SMILES string of the molecule is CCOC(=O)CCCOc1cccc(C(CC(=O)OCC)OCCCCCOS(C)(=O)=O)c1. The third kappa shape index (κ3) is 14.6. The van der Waals surface area contributed by atoms with Crippen molar-refractivity contribution in [2.75, 3.05) is 39.3 Å². The Morgan fingerprint density at radius 1 is 0.909 bits per heavy atom. The first-order chi connectivity index (χ1) is 15.7. The largest absolute Gasteiger partial charge is 0.494 e. The molecule has 0 aliphatic carbocycles. The molecule has 1 aromatic rings. The monoisotopic (exact) mass is 488 g/mol. The van der Waals surface area contributed by atoms with Crippen LogP contribution in [0.25, 0.3) is 0 Å². The van der Waals surface area contributed by atoms with Crippen molar-refractivity contribution in [1.29, 1.82) is 0 Å². The maximum atomic E-state index is 12.1. The van der Waals surface area contributed by atoms with Gasteiger partial charge in [-0.1, -0.05) is 12.1 Å². The Balaban J connectivity index is 2.58. The molecule has 0 aliphatic rings. The molecule has 33 heavy (non-hydrogen) atoms. The van der Waals surface area contributed by atoms with E-state index in [9.17, 15) is 18.0 Å². The van der Waals surface area contributed by atoms with Gasteiger partial charge in [-0.15, -0.1) is 0 Å². The summed E-state index contributed by atoms with van der Waals surface area (Å²) in [6, 6.07) is 7.29. The Labute approximate surface area is 196 Å². The molecule has 0 aliphatic heterocycles. The third-order valence-electron chi connectivity index (χ3n) is 4.39. The van der Waals surface area contributed by atoms with E-state index in [-0.39, 0.29) is 38.0 Å². The Morgan fingerprint density at radius 3 is 2.30 bits per heavy atom.